The third-order valence-electron chi connectivity index (χ3n) is 2.10. The molecule has 0 saturated heterocycles. The lowest BCUT2D eigenvalue weighted by Crippen LogP contribution is -2.02. The van der Waals surface area contributed by atoms with E-state index in [1.54, 1.807) is 5.38 Å². The van der Waals surface area contributed by atoms with Gasteiger partial charge >= 0.3 is 5.97 Å². The molecule has 88 valence electrons. The number of carboxylic acid groups (broad SMARTS) is 1. The fourth-order valence-electron chi connectivity index (χ4n) is 1.21. The molecule has 0 bridgehead atoms. The van der Waals surface area contributed by atoms with Gasteiger partial charge in [0.25, 0.3) is 0 Å². The molecule has 16 heavy (non-hydrogen) atoms. The lowest BCUT2D eigenvalue weighted by molar-refractivity contribution is -0.137. The van der Waals surface area contributed by atoms with Gasteiger partial charge in [0, 0.05) is 24.1 Å². The molecule has 0 aliphatic rings. The summed E-state index contributed by atoms with van der Waals surface area (Å²) in [4.78, 5) is 26.1. The number of hydrogen-bond acceptors (Lipinski definition) is 4. The average Bonchev–Trinajstić information content (AvgIpc) is 2.65. The van der Waals surface area contributed by atoms with Crippen LogP contribution in [0.15, 0.2) is 5.38 Å². The van der Waals surface area contributed by atoms with E-state index in [1.165, 1.54) is 11.3 Å². The summed E-state index contributed by atoms with van der Waals surface area (Å²) in [5, 5.41) is 11.1. The number of carbonyl (C=O) groups excluding carboxylic acids is 1. The number of hydrogen-bond donors (Lipinski definition) is 1. The first-order valence-electron chi connectivity index (χ1n) is 5.21. The molecule has 0 aromatic carbocycles. The number of carbonyl (C=O) groups is 2. The Balaban J connectivity index is 2.49. The lowest BCUT2D eigenvalue weighted by Gasteiger charge is -1.97. The first-order valence-corrected chi connectivity index (χ1v) is 6.09. The zero-order valence-electron chi connectivity index (χ0n) is 9.40. The van der Waals surface area contributed by atoms with Crippen molar-refractivity contribution in [2.75, 3.05) is 0 Å². The molecule has 0 unspecified atom stereocenters. The van der Waals surface area contributed by atoms with Crippen molar-refractivity contribution in [3.8, 4) is 0 Å². The summed E-state index contributed by atoms with van der Waals surface area (Å²) in [6, 6.07) is 0. The number of thiazole rings is 1. The van der Waals surface area contributed by atoms with E-state index in [9.17, 15) is 9.59 Å². The number of nitrogens with zero attached hydrogens (tertiary/aromatic N) is 1. The van der Waals surface area contributed by atoms with Crippen LogP contribution >= 0.6 is 11.3 Å². The smallest absolute Gasteiger partial charge is 0.303 e. The summed E-state index contributed by atoms with van der Waals surface area (Å²) in [5.41, 5.74) is 0.471. The molecule has 5 heteroatoms. The molecule has 0 saturated carbocycles. The minimum atomic E-state index is -0.867. The maximum absolute atomic E-state index is 11.6. The highest BCUT2D eigenvalue weighted by atomic mass is 32.1. The Morgan fingerprint density at radius 2 is 2.12 bits per heavy atom. The summed E-state index contributed by atoms with van der Waals surface area (Å²) in [7, 11) is 0. The number of carboxylic acids is 1. The monoisotopic (exact) mass is 241 g/mol. The molecule has 1 rings (SSSR count). The minimum Gasteiger partial charge on any atom is -0.481 e. The van der Waals surface area contributed by atoms with Gasteiger partial charge < -0.3 is 5.11 Å². The van der Waals surface area contributed by atoms with Crippen LogP contribution < -0.4 is 0 Å². The molecule has 1 N–H and O–H groups in total. The SMILES string of the molecule is CC(C)c1nc(C(=O)CCCC(=O)O)cs1. The molecular formula is C11H15NO3S. The van der Waals surface area contributed by atoms with E-state index in [2.05, 4.69) is 4.98 Å². The van der Waals surface area contributed by atoms with Crippen molar-refractivity contribution >= 4 is 23.1 Å². The third kappa shape index (κ3) is 3.73. The van der Waals surface area contributed by atoms with Crippen molar-refractivity contribution in [3.05, 3.63) is 16.1 Å². The molecule has 1 aromatic rings. The number of rotatable bonds is 6. The Hall–Kier alpha value is -1.23. The van der Waals surface area contributed by atoms with Crippen LogP contribution in [-0.4, -0.2) is 21.8 Å². The fourth-order valence-corrected chi connectivity index (χ4v) is 2.05. The fraction of sp³-hybridized carbons (Fsp3) is 0.545. The van der Waals surface area contributed by atoms with Crippen molar-refractivity contribution in [2.24, 2.45) is 0 Å². The van der Waals surface area contributed by atoms with E-state index in [4.69, 9.17) is 5.11 Å². The Bertz CT molecular complexity index is 384. The second-order valence-electron chi connectivity index (χ2n) is 3.90. The van der Waals surface area contributed by atoms with Crippen LogP contribution in [-0.2, 0) is 4.79 Å². The molecular weight excluding hydrogens is 226 g/mol. The van der Waals surface area contributed by atoms with Gasteiger partial charge in [0.05, 0.1) is 5.01 Å². The lowest BCUT2D eigenvalue weighted by atomic mass is 10.1. The Morgan fingerprint density at radius 3 is 2.62 bits per heavy atom. The van der Waals surface area contributed by atoms with E-state index in [1.807, 2.05) is 13.8 Å². The van der Waals surface area contributed by atoms with Gasteiger partial charge in [-0.2, -0.15) is 0 Å². The molecule has 0 amide bonds. The Labute approximate surface area is 98.3 Å². The average molecular weight is 241 g/mol. The van der Waals surface area contributed by atoms with Crippen LogP contribution in [0.2, 0.25) is 0 Å². The predicted octanol–water partition coefficient (Wildman–Crippen LogP) is 2.70. The summed E-state index contributed by atoms with van der Waals surface area (Å²) >= 11 is 1.48. The second-order valence-corrected chi connectivity index (χ2v) is 4.79. The zero-order valence-corrected chi connectivity index (χ0v) is 10.2. The standard InChI is InChI=1S/C11H15NO3S/c1-7(2)11-12-8(6-16-11)9(13)4-3-5-10(14)15/h6-7H,3-5H2,1-2H3,(H,14,15). The van der Waals surface area contributed by atoms with Crippen molar-refractivity contribution in [2.45, 2.75) is 39.0 Å². The van der Waals surface area contributed by atoms with E-state index >= 15 is 0 Å². The second kappa shape index (κ2) is 5.75. The van der Waals surface area contributed by atoms with Gasteiger partial charge in [0.1, 0.15) is 5.69 Å². The van der Waals surface area contributed by atoms with E-state index in [0.717, 1.165) is 5.01 Å². The predicted molar refractivity (Wildman–Crippen MR) is 62.0 cm³/mol. The van der Waals surface area contributed by atoms with E-state index < -0.39 is 5.97 Å². The maximum atomic E-state index is 11.6. The number of aliphatic carboxylic acids is 1. The highest BCUT2D eigenvalue weighted by Crippen LogP contribution is 2.20. The van der Waals surface area contributed by atoms with Crippen molar-refractivity contribution < 1.29 is 14.7 Å². The molecule has 0 aliphatic heterocycles. The molecule has 0 radical (unpaired) electrons. The molecule has 0 aliphatic carbocycles. The molecule has 1 aromatic heterocycles. The Morgan fingerprint density at radius 1 is 1.44 bits per heavy atom. The number of aromatic nitrogens is 1. The molecule has 0 spiro atoms. The summed E-state index contributed by atoms with van der Waals surface area (Å²) in [5.74, 6) is -0.607. The van der Waals surface area contributed by atoms with Crippen molar-refractivity contribution in [3.63, 3.8) is 0 Å². The van der Waals surface area contributed by atoms with Gasteiger partial charge in [0.15, 0.2) is 5.78 Å². The van der Waals surface area contributed by atoms with E-state index in [-0.39, 0.29) is 18.6 Å². The van der Waals surface area contributed by atoms with Crippen LogP contribution in [0.1, 0.15) is 54.5 Å². The summed E-state index contributed by atoms with van der Waals surface area (Å²) in [6.07, 6.45) is 0.670. The summed E-state index contributed by atoms with van der Waals surface area (Å²) < 4.78 is 0. The maximum Gasteiger partial charge on any atom is 0.303 e. The highest BCUT2D eigenvalue weighted by Gasteiger charge is 2.12. The third-order valence-corrected chi connectivity index (χ3v) is 3.24. The van der Waals surface area contributed by atoms with Gasteiger partial charge in [-0.25, -0.2) is 4.98 Å². The molecule has 1 heterocycles. The van der Waals surface area contributed by atoms with Crippen molar-refractivity contribution in [1.29, 1.82) is 0 Å². The van der Waals surface area contributed by atoms with Gasteiger partial charge in [-0.3, -0.25) is 9.59 Å². The molecule has 0 atom stereocenters. The number of ketones is 1. The molecule has 4 nitrogen and oxygen atoms in total. The van der Waals surface area contributed by atoms with Crippen LogP contribution in [0.5, 0.6) is 0 Å². The topological polar surface area (TPSA) is 67.3 Å². The molecule has 0 fully saturated rings. The van der Waals surface area contributed by atoms with Crippen molar-refractivity contribution in [1.82, 2.24) is 4.98 Å². The van der Waals surface area contributed by atoms with Gasteiger partial charge in [0.2, 0.25) is 0 Å². The largest absolute Gasteiger partial charge is 0.481 e. The van der Waals surface area contributed by atoms with Crippen LogP contribution in [0, 0.1) is 0 Å². The quantitative estimate of drug-likeness (QED) is 0.777. The van der Waals surface area contributed by atoms with Crippen LogP contribution in [0.3, 0.4) is 0 Å². The van der Waals surface area contributed by atoms with Crippen LogP contribution in [0.25, 0.3) is 0 Å². The van der Waals surface area contributed by atoms with Gasteiger partial charge in [-0.05, 0) is 6.42 Å². The van der Waals surface area contributed by atoms with Gasteiger partial charge in [-0.1, -0.05) is 13.8 Å². The summed E-state index contributed by atoms with van der Waals surface area (Å²) in [6.45, 7) is 4.05. The Kier molecular flexibility index (Phi) is 4.61. The first kappa shape index (κ1) is 12.8. The highest BCUT2D eigenvalue weighted by molar-refractivity contribution is 7.09. The minimum absolute atomic E-state index is 0.0346. The van der Waals surface area contributed by atoms with E-state index in [0.29, 0.717) is 18.0 Å². The van der Waals surface area contributed by atoms with Gasteiger partial charge in [-0.15, -0.1) is 11.3 Å². The first-order chi connectivity index (χ1) is 7.50. The van der Waals surface area contributed by atoms with Crippen LogP contribution in [0.4, 0.5) is 0 Å². The number of Topliss-reactive ketones (excluding diaryl/α,β-unsaturated/α-hetero) is 1. The normalized spacial score (nSPS) is 10.7. The zero-order chi connectivity index (χ0) is 12.1.